The summed E-state index contributed by atoms with van der Waals surface area (Å²) in [7, 11) is 0. The second-order valence-corrected chi connectivity index (χ2v) is 22.7. The number of hydrogen-bond donors (Lipinski definition) is 20. The quantitative estimate of drug-likeness (QED) is 0.0201. The summed E-state index contributed by atoms with van der Waals surface area (Å²) < 4.78 is 0. The van der Waals surface area contributed by atoms with Crippen molar-refractivity contribution in [3.8, 4) is 0 Å². The molecule has 0 saturated heterocycles. The highest BCUT2D eigenvalue weighted by Crippen LogP contribution is 2.12. The van der Waals surface area contributed by atoms with Gasteiger partial charge in [-0.25, -0.2) is 4.79 Å². The second-order valence-electron chi connectivity index (χ2n) is 22.7. The van der Waals surface area contributed by atoms with Gasteiger partial charge >= 0.3 is 11.9 Å². The molecule has 35 heteroatoms. The van der Waals surface area contributed by atoms with E-state index in [0.29, 0.717) is 12.8 Å². The Bertz CT molecular complexity index is 2720. The van der Waals surface area contributed by atoms with Crippen LogP contribution in [-0.2, 0) is 71.9 Å². The maximum atomic E-state index is 14.1. The average Bonchev–Trinajstić information content (AvgIpc) is 1.32. The number of aliphatic hydroxyl groups is 2. The fourth-order valence-corrected chi connectivity index (χ4v) is 8.84. The number of carboxylic acid groups (broad SMARTS) is 2. The predicted octanol–water partition coefficient (Wildman–Crippen LogP) is -4.75. The molecule has 0 aliphatic rings. The van der Waals surface area contributed by atoms with Crippen molar-refractivity contribution in [1.29, 1.82) is 0 Å². The van der Waals surface area contributed by atoms with Crippen molar-refractivity contribution in [3.05, 3.63) is 34.8 Å². The molecule has 0 fully saturated rings. The molecule has 0 heterocycles. The molecule has 0 aromatic rings. The highest BCUT2D eigenvalue weighted by Gasteiger charge is 2.35. The van der Waals surface area contributed by atoms with E-state index in [9.17, 15) is 92.3 Å². The molecule has 0 radical (unpaired) electrons. The van der Waals surface area contributed by atoms with Crippen molar-refractivity contribution in [2.24, 2.45) is 28.9 Å². The van der Waals surface area contributed by atoms with E-state index in [1.165, 1.54) is 33.8 Å². The standard InChI is InChI=1S/C60H102N16O19/c1-8-11-12-13-14-15-16-20-46(80)66-43(31-77)58(92)70-38(21-22-48(82)83)54(88)71-39(23-26-62)55(89)69-37(19-17-18-25-61)53(87)67-35(9-2)51(85)73-41(28-33(4)5)57(91)72-40(24-27-63)56(90)75-44(32-78)59(93)68-36(10-3)52(86)74-42(29-45(64)79)50(84)65-30-47(81)76-49(34(6)7)60(94)95/h9-10,33,37-44,77-78H,8,11-32,61-63H2,1-7H3,(H2,64,79)(H,65,84)(H,66,80)(H,67,87)(H,68,93)(H,69,89)(H,70,92)(H,71,88)(H,72,91)(H,73,85)(H,74,86)(H,75,90)(H,76,81)(H,82,83)(H,94,95)/b35-9+,36-10+/t37-,38-,39+,40+,41-,42-,43+,44-/m0/s1. The van der Waals surface area contributed by atoms with E-state index < -0.39 is 193 Å². The average molecular weight is 1350 g/mol. The second kappa shape index (κ2) is 47.9. The van der Waals surface area contributed by atoms with Crippen molar-refractivity contribution in [3.63, 3.8) is 0 Å². The van der Waals surface area contributed by atoms with Gasteiger partial charge in [0.15, 0.2) is 0 Å². The Balaban J connectivity index is 6.39. The van der Waals surface area contributed by atoms with Crippen molar-refractivity contribution in [1.82, 2.24) is 63.8 Å². The normalized spacial score (nSPS) is 13.8. The van der Waals surface area contributed by atoms with Crippen LogP contribution in [0.1, 0.15) is 158 Å². The van der Waals surface area contributed by atoms with E-state index in [0.717, 1.165) is 44.6 Å². The first-order chi connectivity index (χ1) is 44.9. The number of amides is 13. The Morgan fingerprint density at radius 2 is 0.874 bits per heavy atom. The number of aliphatic hydroxyl groups excluding tert-OH is 2. The molecule has 0 bridgehead atoms. The summed E-state index contributed by atoms with van der Waals surface area (Å²) in [5.74, 6) is -16.2. The number of allylic oxidation sites excluding steroid dienone is 3. The molecule has 0 rings (SSSR count). The smallest absolute Gasteiger partial charge is 0.352 e. The number of rotatable bonds is 49. The zero-order chi connectivity index (χ0) is 72.3. The molecule has 0 aromatic heterocycles. The lowest BCUT2D eigenvalue weighted by Crippen LogP contribution is -2.59. The molecule has 0 aliphatic heterocycles. The minimum atomic E-state index is -1.83. The third kappa shape index (κ3) is 35.2. The zero-order valence-electron chi connectivity index (χ0n) is 55.3. The molecule has 24 N–H and O–H groups in total. The number of carbonyl (C=O) groups is 15. The number of nitrogens with two attached hydrogens (primary N) is 4. The summed E-state index contributed by atoms with van der Waals surface area (Å²) in [6.07, 6.45) is 6.81. The summed E-state index contributed by atoms with van der Waals surface area (Å²) in [4.78, 5) is 197. The van der Waals surface area contributed by atoms with E-state index in [-0.39, 0.29) is 69.7 Å². The minimum absolute atomic E-state index is 0.0624. The van der Waals surface area contributed by atoms with E-state index >= 15 is 0 Å². The molecule has 0 unspecified atom stereocenters. The Hall–Kier alpha value is -8.93. The van der Waals surface area contributed by atoms with E-state index in [4.69, 9.17) is 22.9 Å². The number of aliphatic carboxylic acids is 2. The van der Waals surface area contributed by atoms with Crippen molar-refractivity contribution in [2.45, 2.75) is 206 Å². The molecule has 0 aliphatic carbocycles. The molecular weight excluding hydrogens is 1250 g/mol. The molecule has 0 saturated carbocycles. The van der Waals surface area contributed by atoms with Gasteiger partial charge in [0, 0.05) is 12.8 Å². The maximum Gasteiger partial charge on any atom is 0.352 e. The fourth-order valence-electron chi connectivity index (χ4n) is 8.84. The molecule has 35 nitrogen and oxygen atoms in total. The molecule has 0 spiro atoms. The maximum absolute atomic E-state index is 14.1. The summed E-state index contributed by atoms with van der Waals surface area (Å²) in [6.45, 7) is 7.93. The van der Waals surface area contributed by atoms with Crippen LogP contribution in [0.15, 0.2) is 34.8 Å². The molecular formula is C60H102N16O19. The Morgan fingerprint density at radius 1 is 0.442 bits per heavy atom. The zero-order valence-corrected chi connectivity index (χ0v) is 55.3. The number of hydrogen-bond acceptors (Lipinski definition) is 20. The Labute approximate surface area is 552 Å². The first-order valence-electron chi connectivity index (χ1n) is 31.6. The predicted molar refractivity (Wildman–Crippen MR) is 344 cm³/mol. The van der Waals surface area contributed by atoms with Crippen LogP contribution >= 0.6 is 0 Å². The van der Waals surface area contributed by atoms with E-state index in [1.807, 2.05) is 0 Å². The summed E-state index contributed by atoms with van der Waals surface area (Å²) >= 11 is 0. The molecule has 95 heavy (non-hydrogen) atoms. The first-order valence-corrected chi connectivity index (χ1v) is 31.6. The van der Waals surface area contributed by atoms with Gasteiger partial charge in [-0.15, -0.1) is 0 Å². The Kier molecular flexibility index (Phi) is 43.4. The Morgan fingerprint density at radius 3 is 1.31 bits per heavy atom. The summed E-state index contributed by atoms with van der Waals surface area (Å²) in [6, 6.07) is -12.6. The van der Waals surface area contributed by atoms with Crippen LogP contribution in [0.25, 0.3) is 0 Å². The first kappa shape index (κ1) is 86.1. The van der Waals surface area contributed by atoms with Crippen LogP contribution < -0.4 is 86.7 Å². The van der Waals surface area contributed by atoms with Gasteiger partial charge in [0.25, 0.3) is 11.8 Å². The van der Waals surface area contributed by atoms with Crippen molar-refractivity contribution in [2.75, 3.05) is 39.4 Å². The fraction of sp³-hybridized carbons (Fsp3) is 0.650. The largest absolute Gasteiger partial charge is 0.481 e. The van der Waals surface area contributed by atoms with Gasteiger partial charge in [0.05, 0.1) is 26.2 Å². The lowest BCUT2D eigenvalue weighted by molar-refractivity contribution is -0.139. The van der Waals surface area contributed by atoms with Crippen LogP contribution in [0.5, 0.6) is 0 Å². The van der Waals surface area contributed by atoms with E-state index in [2.05, 4.69) is 70.7 Å². The van der Waals surface area contributed by atoms with Crippen LogP contribution in [0.3, 0.4) is 0 Å². The van der Waals surface area contributed by atoms with Crippen LogP contribution in [0, 0.1) is 5.92 Å². The highest BCUT2D eigenvalue weighted by atomic mass is 16.4. The molecule has 536 valence electrons. The SMILES string of the molecule is C/C=C(/NC(=O)[C@H](CO)NC(=O)[C@@H](CCN)NC(=O)[C@H](CC(C)C)NC(=O)/C(=C\C)NC(=O)[C@H](CCCCN)NC(=O)[C@@H](CCN)NC(=O)[C@H](CCC(=O)O)NC(=O)[C@@H](CO)NC(=O)CCCCCCCCC)C(=O)N[C@@H](CC(N)=O)C(=O)NCC(=O)NC(C(=O)O)=C(C)C. The van der Waals surface area contributed by atoms with Crippen LogP contribution in [0.2, 0.25) is 0 Å². The highest BCUT2D eigenvalue weighted by molar-refractivity contribution is 6.04. The number of carboxylic acids is 2. The van der Waals surface area contributed by atoms with Gasteiger partial charge < -0.3 is 107 Å². The third-order valence-corrected chi connectivity index (χ3v) is 14.0. The van der Waals surface area contributed by atoms with Crippen molar-refractivity contribution < 1.29 is 92.3 Å². The number of primary amides is 1. The number of nitrogens with one attached hydrogen (secondary N) is 12. The van der Waals surface area contributed by atoms with Crippen molar-refractivity contribution >= 4 is 88.7 Å². The summed E-state index contributed by atoms with van der Waals surface area (Å²) in [5, 5.41) is 67.0. The lowest BCUT2D eigenvalue weighted by Gasteiger charge is -2.27. The van der Waals surface area contributed by atoms with Gasteiger partial charge in [-0.05, 0) is 110 Å². The minimum Gasteiger partial charge on any atom is -0.481 e. The van der Waals surface area contributed by atoms with Gasteiger partial charge in [-0.3, -0.25) is 67.1 Å². The number of carbonyl (C=O) groups excluding carboxylic acids is 13. The van der Waals surface area contributed by atoms with E-state index in [1.54, 1.807) is 13.8 Å². The molecule has 13 amide bonds. The third-order valence-electron chi connectivity index (χ3n) is 14.0. The van der Waals surface area contributed by atoms with Crippen LogP contribution in [0.4, 0.5) is 0 Å². The lowest BCUT2D eigenvalue weighted by atomic mass is 10.0. The monoisotopic (exact) mass is 1350 g/mol. The van der Waals surface area contributed by atoms with Gasteiger partial charge in [0.1, 0.15) is 65.4 Å². The van der Waals surface area contributed by atoms with Crippen LogP contribution in [-0.4, -0.2) is 197 Å². The van der Waals surface area contributed by atoms with Gasteiger partial charge in [0.2, 0.25) is 65.0 Å². The van der Waals surface area contributed by atoms with Gasteiger partial charge in [-0.1, -0.05) is 71.4 Å². The molecule has 0 aromatic carbocycles. The van der Waals surface area contributed by atoms with Gasteiger partial charge in [-0.2, -0.15) is 0 Å². The topological polar surface area (TPSA) is 585 Å². The number of unbranched alkanes of at least 4 members (excludes halogenated alkanes) is 7. The summed E-state index contributed by atoms with van der Waals surface area (Å²) in [5.41, 5.74) is 21.4. The molecule has 8 atom stereocenters.